The van der Waals surface area contributed by atoms with E-state index in [0.717, 1.165) is 11.3 Å². The monoisotopic (exact) mass is 379 g/mol. The number of benzene rings is 2. The first-order chi connectivity index (χ1) is 13.0. The Balaban J connectivity index is 1.81. The van der Waals surface area contributed by atoms with Gasteiger partial charge in [-0.25, -0.2) is 0 Å². The zero-order chi connectivity index (χ0) is 19.2. The molecule has 3 aromatic rings. The number of hydrogen-bond donors (Lipinski definition) is 2. The predicted octanol–water partition coefficient (Wildman–Crippen LogP) is 4.31. The minimum absolute atomic E-state index is 0.224. The van der Waals surface area contributed by atoms with E-state index < -0.39 is 0 Å². The van der Waals surface area contributed by atoms with E-state index in [1.807, 2.05) is 54.7 Å². The van der Waals surface area contributed by atoms with Crippen molar-refractivity contribution < 1.29 is 9.59 Å². The van der Waals surface area contributed by atoms with Crippen LogP contribution in [0.2, 0.25) is 0 Å². The molecule has 0 aliphatic rings. The van der Waals surface area contributed by atoms with Gasteiger partial charge in [0.05, 0.1) is 16.1 Å². The smallest absolute Gasteiger partial charge is 0.265 e. The Hall–Kier alpha value is -2.96. The van der Waals surface area contributed by atoms with Crippen molar-refractivity contribution in [3.8, 4) is 0 Å². The second kappa shape index (κ2) is 8.62. The van der Waals surface area contributed by atoms with E-state index in [1.54, 1.807) is 30.3 Å². The molecule has 0 aliphatic heterocycles. The van der Waals surface area contributed by atoms with Crippen molar-refractivity contribution >= 4 is 34.5 Å². The molecule has 0 saturated carbocycles. The van der Waals surface area contributed by atoms with Gasteiger partial charge in [-0.15, -0.1) is 11.3 Å². The first kappa shape index (κ1) is 18.8. The van der Waals surface area contributed by atoms with Gasteiger partial charge in [0.15, 0.2) is 0 Å². The van der Waals surface area contributed by atoms with Crippen molar-refractivity contribution in [1.29, 1.82) is 0 Å². The van der Waals surface area contributed by atoms with Crippen LogP contribution in [-0.2, 0) is 6.54 Å². The standard InChI is InChI=1S/C21H21N3O2S/c1-24(2)14-15-8-3-5-10-17(15)22-20(25)16-9-4-6-11-18(16)23-21(26)19-12-7-13-27-19/h3-13H,14H2,1-2H3,(H,22,25)(H,23,26). The summed E-state index contributed by atoms with van der Waals surface area (Å²) in [5.74, 6) is -0.485. The number of carbonyl (C=O) groups is 2. The minimum Gasteiger partial charge on any atom is -0.322 e. The summed E-state index contributed by atoms with van der Waals surface area (Å²) in [6.45, 7) is 0.715. The number of rotatable bonds is 6. The van der Waals surface area contributed by atoms with E-state index in [-0.39, 0.29) is 11.8 Å². The summed E-state index contributed by atoms with van der Waals surface area (Å²) >= 11 is 1.36. The van der Waals surface area contributed by atoms with Crippen molar-refractivity contribution in [2.45, 2.75) is 6.54 Å². The Bertz CT molecular complexity index is 936. The molecule has 2 N–H and O–H groups in total. The SMILES string of the molecule is CN(C)Cc1ccccc1NC(=O)c1ccccc1NC(=O)c1cccs1. The Morgan fingerprint density at radius 2 is 1.52 bits per heavy atom. The Labute approximate surface area is 162 Å². The van der Waals surface area contributed by atoms with Crippen molar-refractivity contribution in [2.75, 3.05) is 24.7 Å². The van der Waals surface area contributed by atoms with Crippen LogP contribution in [-0.4, -0.2) is 30.8 Å². The lowest BCUT2D eigenvalue weighted by molar-refractivity contribution is 0.102. The fourth-order valence-electron chi connectivity index (χ4n) is 2.69. The molecule has 0 spiro atoms. The average Bonchev–Trinajstić information content (AvgIpc) is 3.18. The Morgan fingerprint density at radius 3 is 2.22 bits per heavy atom. The van der Waals surface area contributed by atoms with Gasteiger partial charge >= 0.3 is 0 Å². The van der Waals surface area contributed by atoms with E-state index >= 15 is 0 Å². The number of anilines is 2. The number of nitrogens with one attached hydrogen (secondary N) is 2. The number of thiophene rings is 1. The second-order valence-corrected chi connectivity index (χ2v) is 7.27. The van der Waals surface area contributed by atoms with Crippen LogP contribution < -0.4 is 10.6 Å². The lowest BCUT2D eigenvalue weighted by Gasteiger charge is -2.16. The van der Waals surface area contributed by atoms with Crippen molar-refractivity contribution in [3.05, 3.63) is 82.0 Å². The van der Waals surface area contributed by atoms with Gasteiger partial charge in [-0.3, -0.25) is 9.59 Å². The molecule has 0 aliphatic carbocycles. The van der Waals surface area contributed by atoms with Crippen molar-refractivity contribution in [3.63, 3.8) is 0 Å². The molecule has 2 aromatic carbocycles. The molecule has 1 aromatic heterocycles. The highest BCUT2D eigenvalue weighted by molar-refractivity contribution is 7.12. The maximum atomic E-state index is 12.9. The van der Waals surface area contributed by atoms with Gasteiger partial charge in [-0.1, -0.05) is 36.4 Å². The van der Waals surface area contributed by atoms with Gasteiger partial charge in [0, 0.05) is 12.2 Å². The zero-order valence-electron chi connectivity index (χ0n) is 15.2. The molecule has 3 rings (SSSR count). The van der Waals surface area contributed by atoms with Gasteiger partial charge < -0.3 is 15.5 Å². The normalized spacial score (nSPS) is 10.6. The molecular weight excluding hydrogens is 358 g/mol. The molecule has 0 unspecified atom stereocenters. The molecular formula is C21H21N3O2S. The van der Waals surface area contributed by atoms with Crippen LogP contribution >= 0.6 is 11.3 Å². The number of carbonyl (C=O) groups excluding carboxylic acids is 2. The highest BCUT2D eigenvalue weighted by Gasteiger charge is 2.16. The molecule has 0 fully saturated rings. The summed E-state index contributed by atoms with van der Waals surface area (Å²) in [5.41, 5.74) is 2.69. The van der Waals surface area contributed by atoms with Crippen LogP contribution in [0.3, 0.4) is 0 Å². The molecule has 138 valence electrons. The minimum atomic E-state index is -0.261. The van der Waals surface area contributed by atoms with Crippen LogP contribution in [0.15, 0.2) is 66.0 Å². The third-order valence-electron chi connectivity index (χ3n) is 3.92. The molecule has 0 atom stereocenters. The van der Waals surface area contributed by atoms with Crippen molar-refractivity contribution in [1.82, 2.24) is 4.90 Å². The summed E-state index contributed by atoms with van der Waals surface area (Å²) in [7, 11) is 3.96. The van der Waals surface area contributed by atoms with Gasteiger partial charge in [0.25, 0.3) is 11.8 Å². The molecule has 1 heterocycles. The van der Waals surface area contributed by atoms with Crippen LogP contribution in [0.25, 0.3) is 0 Å². The molecule has 0 bridgehead atoms. The van der Waals surface area contributed by atoms with E-state index in [1.165, 1.54) is 11.3 Å². The van der Waals surface area contributed by atoms with Gasteiger partial charge in [0.1, 0.15) is 0 Å². The molecule has 0 saturated heterocycles. The summed E-state index contributed by atoms with van der Waals surface area (Å²) in [6, 6.07) is 18.3. The maximum absolute atomic E-state index is 12.9. The number of hydrogen-bond acceptors (Lipinski definition) is 4. The van der Waals surface area contributed by atoms with E-state index in [0.29, 0.717) is 22.7 Å². The van der Waals surface area contributed by atoms with Gasteiger partial charge in [-0.2, -0.15) is 0 Å². The fraction of sp³-hybridized carbons (Fsp3) is 0.143. The fourth-order valence-corrected chi connectivity index (χ4v) is 3.31. The van der Waals surface area contributed by atoms with Crippen LogP contribution in [0.1, 0.15) is 25.6 Å². The zero-order valence-corrected chi connectivity index (χ0v) is 16.0. The van der Waals surface area contributed by atoms with E-state index in [2.05, 4.69) is 10.6 Å². The predicted molar refractivity (Wildman–Crippen MR) is 111 cm³/mol. The summed E-state index contributed by atoms with van der Waals surface area (Å²) in [6.07, 6.45) is 0. The first-order valence-corrected chi connectivity index (χ1v) is 9.40. The maximum Gasteiger partial charge on any atom is 0.265 e. The number of amides is 2. The quantitative estimate of drug-likeness (QED) is 0.671. The van der Waals surface area contributed by atoms with E-state index in [9.17, 15) is 9.59 Å². The van der Waals surface area contributed by atoms with Gasteiger partial charge in [-0.05, 0) is 49.3 Å². The third kappa shape index (κ3) is 4.81. The lowest BCUT2D eigenvalue weighted by atomic mass is 10.1. The van der Waals surface area contributed by atoms with Crippen LogP contribution in [0, 0.1) is 0 Å². The first-order valence-electron chi connectivity index (χ1n) is 8.52. The van der Waals surface area contributed by atoms with Gasteiger partial charge in [0.2, 0.25) is 0 Å². The number of para-hydroxylation sites is 2. The highest BCUT2D eigenvalue weighted by atomic mass is 32.1. The average molecular weight is 379 g/mol. The summed E-state index contributed by atoms with van der Waals surface area (Å²) in [5, 5.41) is 7.64. The largest absolute Gasteiger partial charge is 0.322 e. The van der Waals surface area contributed by atoms with E-state index in [4.69, 9.17) is 0 Å². The molecule has 27 heavy (non-hydrogen) atoms. The topological polar surface area (TPSA) is 61.4 Å². The van der Waals surface area contributed by atoms with Crippen LogP contribution in [0.4, 0.5) is 11.4 Å². The van der Waals surface area contributed by atoms with Crippen molar-refractivity contribution in [2.24, 2.45) is 0 Å². The lowest BCUT2D eigenvalue weighted by Crippen LogP contribution is -2.19. The second-order valence-electron chi connectivity index (χ2n) is 6.33. The Kier molecular flexibility index (Phi) is 6.01. The molecule has 6 heteroatoms. The van der Waals surface area contributed by atoms with Crippen LogP contribution in [0.5, 0.6) is 0 Å². The third-order valence-corrected chi connectivity index (χ3v) is 4.79. The summed E-state index contributed by atoms with van der Waals surface area (Å²) < 4.78 is 0. The molecule has 2 amide bonds. The number of nitrogens with zero attached hydrogens (tertiary/aromatic N) is 1. The Morgan fingerprint density at radius 1 is 0.852 bits per heavy atom. The molecule has 0 radical (unpaired) electrons. The molecule has 5 nitrogen and oxygen atoms in total. The highest BCUT2D eigenvalue weighted by Crippen LogP contribution is 2.22. The summed E-state index contributed by atoms with van der Waals surface area (Å²) in [4.78, 5) is 27.9.